The number of rotatable bonds is 5. The van der Waals surface area contributed by atoms with Crippen LogP contribution < -0.4 is 10.6 Å². The van der Waals surface area contributed by atoms with Crippen LogP contribution in [0.3, 0.4) is 0 Å². The molecule has 5 nitrogen and oxygen atoms in total. The number of nitrogens with one attached hydrogen (secondary N) is 2. The maximum atomic E-state index is 11.8. The largest absolute Gasteiger partial charge is 0.338 e. The molecule has 1 fully saturated rings. The monoisotopic (exact) mass is 278 g/mol. The molecule has 0 bridgehead atoms. The Morgan fingerprint density at radius 1 is 1.35 bits per heavy atom. The third-order valence-electron chi connectivity index (χ3n) is 3.80. The number of nitrogens with zero attached hydrogens (tertiary/aromatic N) is 2. The molecule has 0 aromatic carbocycles. The summed E-state index contributed by atoms with van der Waals surface area (Å²) in [6.45, 7) is 3.57. The van der Waals surface area contributed by atoms with Gasteiger partial charge in [0.1, 0.15) is 0 Å². The van der Waals surface area contributed by atoms with Crippen molar-refractivity contribution in [3.05, 3.63) is 18.0 Å². The molecular weight excluding hydrogens is 252 g/mol. The third-order valence-corrected chi connectivity index (χ3v) is 3.80. The predicted molar refractivity (Wildman–Crippen MR) is 79.6 cm³/mol. The maximum absolute atomic E-state index is 11.8. The number of aromatic nitrogens is 2. The van der Waals surface area contributed by atoms with Gasteiger partial charge in [-0.15, -0.1) is 0 Å². The molecule has 112 valence electrons. The molecule has 0 atom stereocenters. The van der Waals surface area contributed by atoms with Crippen molar-refractivity contribution in [3.8, 4) is 0 Å². The minimum absolute atomic E-state index is 0.0199. The molecule has 5 heteroatoms. The molecule has 2 N–H and O–H groups in total. The molecule has 0 saturated heterocycles. The molecule has 1 aromatic rings. The van der Waals surface area contributed by atoms with Crippen molar-refractivity contribution >= 4 is 6.03 Å². The number of hydrogen-bond acceptors (Lipinski definition) is 2. The van der Waals surface area contributed by atoms with Gasteiger partial charge in [-0.3, -0.25) is 4.68 Å². The highest BCUT2D eigenvalue weighted by atomic mass is 16.2. The van der Waals surface area contributed by atoms with Crippen LogP contribution in [0, 0.1) is 6.92 Å². The Hall–Kier alpha value is -1.52. The van der Waals surface area contributed by atoms with Crippen LogP contribution >= 0.6 is 0 Å². The van der Waals surface area contributed by atoms with Crippen molar-refractivity contribution in [1.82, 2.24) is 20.4 Å². The van der Waals surface area contributed by atoms with E-state index in [1.54, 1.807) is 0 Å². The number of carbonyl (C=O) groups excluding carboxylic acids is 1. The summed E-state index contributed by atoms with van der Waals surface area (Å²) in [5.74, 6) is 0. The maximum Gasteiger partial charge on any atom is 0.315 e. The Bertz CT molecular complexity index is 408. The Morgan fingerprint density at radius 2 is 2.10 bits per heavy atom. The zero-order chi connectivity index (χ0) is 14.2. The zero-order valence-electron chi connectivity index (χ0n) is 12.4. The van der Waals surface area contributed by atoms with Gasteiger partial charge in [0.15, 0.2) is 0 Å². The second-order valence-corrected chi connectivity index (χ2v) is 5.72. The van der Waals surface area contributed by atoms with Crippen LogP contribution in [0.4, 0.5) is 4.79 Å². The van der Waals surface area contributed by atoms with Gasteiger partial charge in [0.2, 0.25) is 0 Å². The first kappa shape index (κ1) is 14.9. The lowest BCUT2D eigenvalue weighted by molar-refractivity contribution is 0.235. The second-order valence-electron chi connectivity index (χ2n) is 5.72. The zero-order valence-corrected chi connectivity index (χ0v) is 12.4. The summed E-state index contributed by atoms with van der Waals surface area (Å²) in [5, 5.41) is 10.3. The van der Waals surface area contributed by atoms with E-state index < -0.39 is 0 Å². The summed E-state index contributed by atoms with van der Waals surface area (Å²) < 4.78 is 1.92. The molecule has 0 spiro atoms. The van der Waals surface area contributed by atoms with E-state index in [2.05, 4.69) is 15.7 Å². The molecular formula is C15H26N4O. The van der Waals surface area contributed by atoms with Gasteiger partial charge >= 0.3 is 6.03 Å². The predicted octanol–water partition coefficient (Wildman–Crippen LogP) is 2.60. The molecule has 1 aliphatic carbocycles. The van der Waals surface area contributed by atoms with Gasteiger partial charge in [-0.25, -0.2) is 4.79 Å². The number of urea groups is 1. The number of carbonyl (C=O) groups is 1. The van der Waals surface area contributed by atoms with E-state index in [9.17, 15) is 4.79 Å². The fourth-order valence-electron chi connectivity index (χ4n) is 2.69. The van der Waals surface area contributed by atoms with Crippen molar-refractivity contribution in [3.63, 3.8) is 0 Å². The Morgan fingerprint density at radius 3 is 2.75 bits per heavy atom. The van der Waals surface area contributed by atoms with E-state index in [1.807, 2.05) is 24.0 Å². The number of hydrogen-bond donors (Lipinski definition) is 2. The van der Waals surface area contributed by atoms with Gasteiger partial charge in [0, 0.05) is 25.3 Å². The smallest absolute Gasteiger partial charge is 0.315 e. The van der Waals surface area contributed by atoms with Gasteiger partial charge < -0.3 is 10.6 Å². The molecule has 1 heterocycles. The van der Waals surface area contributed by atoms with Gasteiger partial charge in [0.25, 0.3) is 0 Å². The van der Waals surface area contributed by atoms with Crippen molar-refractivity contribution < 1.29 is 4.79 Å². The van der Waals surface area contributed by atoms with Crippen LogP contribution in [0.5, 0.6) is 0 Å². The van der Waals surface area contributed by atoms with Crippen LogP contribution in [0.2, 0.25) is 0 Å². The minimum atomic E-state index is -0.0199. The molecule has 1 aliphatic rings. The minimum Gasteiger partial charge on any atom is -0.338 e. The molecule has 0 aliphatic heterocycles. The van der Waals surface area contributed by atoms with Gasteiger partial charge in [0.05, 0.1) is 6.20 Å². The highest BCUT2D eigenvalue weighted by Crippen LogP contribution is 2.16. The van der Waals surface area contributed by atoms with Crippen LogP contribution in [-0.4, -0.2) is 28.4 Å². The van der Waals surface area contributed by atoms with E-state index in [-0.39, 0.29) is 6.03 Å². The van der Waals surface area contributed by atoms with E-state index in [4.69, 9.17) is 0 Å². The lowest BCUT2D eigenvalue weighted by Gasteiger charge is -2.16. The van der Waals surface area contributed by atoms with Crippen molar-refractivity contribution in [2.24, 2.45) is 0 Å². The molecule has 1 saturated carbocycles. The molecule has 0 radical (unpaired) electrons. The third kappa shape index (κ3) is 5.23. The lowest BCUT2D eigenvalue weighted by atomic mass is 10.1. The lowest BCUT2D eigenvalue weighted by Crippen LogP contribution is -2.42. The summed E-state index contributed by atoms with van der Waals surface area (Å²) in [6.07, 6.45) is 12.1. The van der Waals surface area contributed by atoms with Crippen LogP contribution in [0.15, 0.2) is 12.4 Å². The van der Waals surface area contributed by atoms with Crippen LogP contribution in [0.25, 0.3) is 0 Å². The van der Waals surface area contributed by atoms with E-state index in [1.165, 1.54) is 31.2 Å². The highest BCUT2D eigenvalue weighted by molar-refractivity contribution is 5.74. The number of amides is 2. The van der Waals surface area contributed by atoms with Gasteiger partial charge in [-0.2, -0.15) is 5.10 Å². The highest BCUT2D eigenvalue weighted by Gasteiger charge is 2.13. The SMILES string of the molecule is Cc1cnn(CCCNC(=O)NC2CCCCCC2)c1. The first-order chi connectivity index (χ1) is 9.74. The molecule has 0 unspecified atom stereocenters. The fraction of sp³-hybridized carbons (Fsp3) is 0.733. The summed E-state index contributed by atoms with van der Waals surface area (Å²) in [4.78, 5) is 11.8. The molecule has 20 heavy (non-hydrogen) atoms. The summed E-state index contributed by atoms with van der Waals surface area (Å²) >= 11 is 0. The first-order valence-electron chi connectivity index (χ1n) is 7.77. The first-order valence-corrected chi connectivity index (χ1v) is 7.77. The fourth-order valence-corrected chi connectivity index (χ4v) is 2.69. The van der Waals surface area contributed by atoms with Gasteiger partial charge in [-0.1, -0.05) is 25.7 Å². The topological polar surface area (TPSA) is 59.0 Å². The van der Waals surface area contributed by atoms with Crippen LogP contribution in [-0.2, 0) is 6.54 Å². The van der Waals surface area contributed by atoms with Crippen molar-refractivity contribution in [1.29, 1.82) is 0 Å². The van der Waals surface area contributed by atoms with Crippen molar-refractivity contribution in [2.75, 3.05) is 6.54 Å². The summed E-state index contributed by atoms with van der Waals surface area (Å²) in [6, 6.07) is 0.347. The average Bonchev–Trinajstić information content (AvgIpc) is 2.68. The number of aryl methyl sites for hydroxylation is 2. The van der Waals surface area contributed by atoms with E-state index in [0.717, 1.165) is 25.8 Å². The second kappa shape index (κ2) is 7.92. The van der Waals surface area contributed by atoms with E-state index in [0.29, 0.717) is 12.6 Å². The summed E-state index contributed by atoms with van der Waals surface area (Å²) in [7, 11) is 0. The Labute approximate surface area is 121 Å². The quantitative estimate of drug-likeness (QED) is 0.642. The normalized spacial score (nSPS) is 16.6. The molecule has 2 rings (SSSR count). The van der Waals surface area contributed by atoms with Crippen LogP contribution in [0.1, 0.15) is 50.5 Å². The molecule has 2 amide bonds. The average molecular weight is 278 g/mol. The van der Waals surface area contributed by atoms with Crippen molar-refractivity contribution in [2.45, 2.75) is 64.5 Å². The van der Waals surface area contributed by atoms with E-state index >= 15 is 0 Å². The summed E-state index contributed by atoms with van der Waals surface area (Å²) in [5.41, 5.74) is 1.17. The van der Waals surface area contributed by atoms with Gasteiger partial charge in [-0.05, 0) is 31.7 Å². The standard InChI is InChI=1S/C15H26N4O/c1-13-11-17-19(12-13)10-6-9-16-15(20)18-14-7-4-2-3-5-8-14/h11-12,14H,2-10H2,1H3,(H2,16,18,20). The Balaban J connectivity index is 1.57. The molecule has 1 aromatic heterocycles. The Kier molecular flexibility index (Phi) is 5.89.